The zero-order chi connectivity index (χ0) is 14.3. The predicted molar refractivity (Wildman–Crippen MR) is 71.2 cm³/mol. The van der Waals surface area contributed by atoms with Crippen LogP contribution < -0.4 is 9.80 Å². The number of H-pyrrole nitrogens is 1. The first-order valence-electron chi connectivity index (χ1n) is 6.97. The van der Waals surface area contributed by atoms with E-state index in [1.165, 1.54) is 13.2 Å². The van der Waals surface area contributed by atoms with Gasteiger partial charge in [0.05, 0.1) is 12.7 Å². The average Bonchev–Trinajstić information content (AvgIpc) is 2.90. The van der Waals surface area contributed by atoms with Gasteiger partial charge in [-0.2, -0.15) is 13.9 Å². The highest BCUT2D eigenvalue weighted by molar-refractivity contribution is 6.01. The molecule has 0 radical (unpaired) electrons. The van der Waals surface area contributed by atoms with Gasteiger partial charge >= 0.3 is 5.92 Å². The molecule has 0 unspecified atom stereocenters. The second-order valence-corrected chi connectivity index (χ2v) is 5.59. The number of carbonyl (C=O) groups is 1. The maximum atomic E-state index is 14.1. The number of nitrogens with one attached hydrogen (secondary N) is 1. The minimum absolute atomic E-state index is 0.0492. The van der Waals surface area contributed by atoms with Gasteiger partial charge in [-0.05, 0) is 12.8 Å². The number of aromatic nitrogens is 2. The van der Waals surface area contributed by atoms with Crippen LogP contribution in [-0.4, -0.2) is 41.7 Å². The number of amides is 1. The van der Waals surface area contributed by atoms with Gasteiger partial charge in [0.2, 0.25) is 0 Å². The Balaban J connectivity index is 2.00. The van der Waals surface area contributed by atoms with Gasteiger partial charge in [-0.3, -0.25) is 9.89 Å². The molecule has 1 saturated carbocycles. The number of halogens is 2. The van der Waals surface area contributed by atoms with E-state index in [4.69, 9.17) is 0 Å². The first-order valence-corrected chi connectivity index (χ1v) is 6.97. The normalized spacial score (nSPS) is 23.6. The van der Waals surface area contributed by atoms with Crippen LogP contribution in [0, 0.1) is 0 Å². The van der Waals surface area contributed by atoms with E-state index in [1.54, 1.807) is 4.90 Å². The molecule has 1 aromatic heterocycles. The summed E-state index contributed by atoms with van der Waals surface area (Å²) in [6.07, 6.45) is 6.43. The van der Waals surface area contributed by atoms with E-state index in [1.807, 2.05) is 0 Å². The average molecular weight is 284 g/mol. The van der Waals surface area contributed by atoms with Crippen LogP contribution in [0.4, 0.5) is 20.3 Å². The first-order chi connectivity index (χ1) is 9.50. The molecule has 1 aliphatic heterocycles. The molecule has 2 aliphatic rings. The summed E-state index contributed by atoms with van der Waals surface area (Å²) in [4.78, 5) is 14.5. The molecule has 20 heavy (non-hydrogen) atoms. The summed E-state index contributed by atoms with van der Waals surface area (Å²) >= 11 is 0. The van der Waals surface area contributed by atoms with Crippen LogP contribution in [0.3, 0.4) is 0 Å². The van der Waals surface area contributed by atoms with Crippen LogP contribution in [0.15, 0.2) is 6.20 Å². The number of alkyl halides is 2. The Morgan fingerprint density at radius 3 is 2.75 bits per heavy atom. The SMILES string of the molecule is CN1C(=O)C(F)(F)CN(C2CCCCC2)c2[nH]ncc21. The number of hydrogen-bond acceptors (Lipinski definition) is 3. The van der Waals surface area contributed by atoms with Crippen LogP contribution in [0.25, 0.3) is 0 Å². The molecular formula is C13H18F2N4O. The van der Waals surface area contributed by atoms with E-state index in [-0.39, 0.29) is 6.04 Å². The molecule has 110 valence electrons. The highest BCUT2D eigenvalue weighted by atomic mass is 19.3. The molecular weight excluding hydrogens is 266 g/mol. The molecule has 7 heteroatoms. The number of anilines is 2. The molecule has 0 bridgehead atoms. The molecule has 1 aliphatic carbocycles. The lowest BCUT2D eigenvalue weighted by Gasteiger charge is -2.35. The summed E-state index contributed by atoms with van der Waals surface area (Å²) in [6.45, 7) is -0.573. The predicted octanol–water partition coefficient (Wildman–Crippen LogP) is 2.16. The maximum Gasteiger partial charge on any atom is 0.342 e. The van der Waals surface area contributed by atoms with Gasteiger partial charge in [0.25, 0.3) is 5.91 Å². The Labute approximate surface area is 115 Å². The van der Waals surface area contributed by atoms with E-state index < -0.39 is 18.4 Å². The molecule has 2 heterocycles. The summed E-state index contributed by atoms with van der Waals surface area (Å²) in [6, 6.07) is 0.0492. The molecule has 1 N–H and O–H groups in total. The largest absolute Gasteiger partial charge is 0.346 e. The highest BCUT2D eigenvalue weighted by Gasteiger charge is 2.48. The fraction of sp³-hybridized carbons (Fsp3) is 0.692. The number of hydrogen-bond donors (Lipinski definition) is 1. The van der Waals surface area contributed by atoms with Gasteiger partial charge in [0.15, 0.2) is 0 Å². The van der Waals surface area contributed by atoms with E-state index in [9.17, 15) is 13.6 Å². The fourth-order valence-electron chi connectivity index (χ4n) is 3.15. The van der Waals surface area contributed by atoms with E-state index >= 15 is 0 Å². The van der Waals surface area contributed by atoms with Crippen LogP contribution in [0.5, 0.6) is 0 Å². The van der Waals surface area contributed by atoms with Crippen LogP contribution >= 0.6 is 0 Å². The molecule has 0 atom stereocenters. The molecule has 3 rings (SSSR count). The minimum atomic E-state index is -3.37. The molecule has 1 aromatic rings. The van der Waals surface area contributed by atoms with Gasteiger partial charge in [0, 0.05) is 13.1 Å². The van der Waals surface area contributed by atoms with Crippen molar-refractivity contribution < 1.29 is 13.6 Å². The molecule has 1 fully saturated rings. The Bertz CT molecular complexity index is 510. The third-order valence-electron chi connectivity index (χ3n) is 4.25. The van der Waals surface area contributed by atoms with Gasteiger partial charge < -0.3 is 9.80 Å². The molecule has 1 amide bonds. The number of fused-ring (bicyclic) bond motifs is 1. The first kappa shape index (κ1) is 13.3. The van der Waals surface area contributed by atoms with Crippen molar-refractivity contribution in [3.63, 3.8) is 0 Å². The zero-order valence-electron chi connectivity index (χ0n) is 11.4. The van der Waals surface area contributed by atoms with Crippen LogP contribution in [-0.2, 0) is 4.79 Å². The van der Waals surface area contributed by atoms with Gasteiger partial charge in [0.1, 0.15) is 11.5 Å². The lowest BCUT2D eigenvalue weighted by atomic mass is 9.94. The minimum Gasteiger partial charge on any atom is -0.346 e. The van der Waals surface area contributed by atoms with Crippen molar-refractivity contribution in [2.24, 2.45) is 0 Å². The van der Waals surface area contributed by atoms with Gasteiger partial charge in [-0.25, -0.2) is 0 Å². The summed E-state index contributed by atoms with van der Waals surface area (Å²) in [5.74, 6) is -4.00. The van der Waals surface area contributed by atoms with E-state index in [0.717, 1.165) is 37.0 Å². The van der Waals surface area contributed by atoms with E-state index in [2.05, 4.69) is 10.2 Å². The number of aromatic amines is 1. The number of nitrogens with zero attached hydrogens (tertiary/aromatic N) is 3. The third-order valence-corrected chi connectivity index (χ3v) is 4.25. The van der Waals surface area contributed by atoms with Crippen molar-refractivity contribution >= 4 is 17.4 Å². The standard InChI is InChI=1S/C13H18F2N4O/c1-18-10-7-16-17-11(10)19(8-13(14,15)12(18)20)9-5-3-2-4-6-9/h7,9H,2-6,8H2,1H3,(H,16,17). The van der Waals surface area contributed by atoms with Crippen LogP contribution in [0.1, 0.15) is 32.1 Å². The molecule has 5 nitrogen and oxygen atoms in total. The van der Waals surface area contributed by atoms with Crippen molar-refractivity contribution in [1.82, 2.24) is 10.2 Å². The summed E-state index contributed by atoms with van der Waals surface area (Å²) < 4.78 is 28.2. The summed E-state index contributed by atoms with van der Waals surface area (Å²) in [5.41, 5.74) is 0.428. The van der Waals surface area contributed by atoms with Crippen molar-refractivity contribution in [2.45, 2.75) is 44.1 Å². The van der Waals surface area contributed by atoms with Crippen molar-refractivity contribution in [3.8, 4) is 0 Å². The molecule has 0 saturated heterocycles. The van der Waals surface area contributed by atoms with Gasteiger partial charge in [-0.15, -0.1) is 0 Å². The lowest BCUT2D eigenvalue weighted by Crippen LogP contribution is -2.49. The fourth-order valence-corrected chi connectivity index (χ4v) is 3.15. The quantitative estimate of drug-likeness (QED) is 0.860. The Hall–Kier alpha value is -1.66. The van der Waals surface area contributed by atoms with Crippen molar-refractivity contribution in [1.29, 1.82) is 0 Å². The zero-order valence-corrected chi connectivity index (χ0v) is 11.4. The Kier molecular flexibility index (Phi) is 3.14. The van der Waals surface area contributed by atoms with E-state index in [0.29, 0.717) is 11.5 Å². The number of carbonyl (C=O) groups excluding carboxylic acids is 1. The van der Waals surface area contributed by atoms with Crippen molar-refractivity contribution in [2.75, 3.05) is 23.4 Å². The second kappa shape index (κ2) is 4.71. The summed E-state index contributed by atoms with van der Waals surface area (Å²) in [7, 11) is 1.37. The summed E-state index contributed by atoms with van der Waals surface area (Å²) in [5, 5.41) is 6.70. The van der Waals surface area contributed by atoms with Crippen LogP contribution in [0.2, 0.25) is 0 Å². The Morgan fingerprint density at radius 1 is 1.35 bits per heavy atom. The lowest BCUT2D eigenvalue weighted by molar-refractivity contribution is -0.140. The van der Waals surface area contributed by atoms with Gasteiger partial charge in [-0.1, -0.05) is 19.3 Å². The second-order valence-electron chi connectivity index (χ2n) is 5.59. The topological polar surface area (TPSA) is 52.2 Å². The molecule has 0 spiro atoms. The number of rotatable bonds is 1. The Morgan fingerprint density at radius 2 is 2.05 bits per heavy atom. The smallest absolute Gasteiger partial charge is 0.342 e. The van der Waals surface area contributed by atoms with Crippen molar-refractivity contribution in [3.05, 3.63) is 6.20 Å². The third kappa shape index (κ3) is 2.05. The maximum absolute atomic E-state index is 14.1. The molecule has 0 aromatic carbocycles. The monoisotopic (exact) mass is 284 g/mol. The highest BCUT2D eigenvalue weighted by Crippen LogP contribution is 2.38.